The molecule has 0 atom stereocenters. The van der Waals surface area contributed by atoms with E-state index in [9.17, 15) is 22.0 Å². The zero-order valence-electron chi connectivity index (χ0n) is 14.6. The molecule has 1 aromatic carbocycles. The number of ketones is 1. The average molecular weight is 405 g/mol. The molecule has 0 aliphatic heterocycles. The van der Waals surface area contributed by atoms with Gasteiger partial charge in [0, 0.05) is 37.4 Å². The molecule has 0 saturated heterocycles. The first-order valence-electron chi connectivity index (χ1n) is 7.76. The lowest BCUT2D eigenvalue weighted by Crippen LogP contribution is -2.29. The third-order valence-electron chi connectivity index (χ3n) is 3.94. The van der Waals surface area contributed by atoms with Gasteiger partial charge in [-0.2, -0.15) is 18.0 Å². The van der Waals surface area contributed by atoms with Crippen molar-refractivity contribution in [1.82, 2.24) is 14.3 Å². The van der Waals surface area contributed by atoms with Crippen LogP contribution in [-0.2, 0) is 10.2 Å². The molecule has 0 unspecified atom stereocenters. The summed E-state index contributed by atoms with van der Waals surface area (Å²) in [4.78, 5) is 19.5. The van der Waals surface area contributed by atoms with Crippen LogP contribution in [0.5, 0.6) is 0 Å². The van der Waals surface area contributed by atoms with Gasteiger partial charge >= 0.3 is 10.2 Å². The number of aromatic nitrogens is 2. The number of aromatic amines is 1. The van der Waals surface area contributed by atoms with Crippen LogP contribution in [0.3, 0.4) is 0 Å². The molecule has 8 nitrogen and oxygen atoms in total. The predicted octanol–water partition coefficient (Wildman–Crippen LogP) is 2.16. The molecule has 0 radical (unpaired) electrons. The zero-order valence-corrected chi connectivity index (χ0v) is 15.4. The van der Waals surface area contributed by atoms with Gasteiger partial charge in [0.1, 0.15) is 17.5 Å². The third kappa shape index (κ3) is 3.30. The van der Waals surface area contributed by atoms with Gasteiger partial charge < -0.3 is 4.98 Å². The van der Waals surface area contributed by atoms with Crippen LogP contribution in [0, 0.1) is 23.0 Å². The number of hydrogen-bond acceptors (Lipinski definition) is 5. The highest BCUT2D eigenvalue weighted by Crippen LogP contribution is 2.27. The summed E-state index contributed by atoms with van der Waals surface area (Å²) < 4.78 is 55.7. The number of benzene rings is 1. The lowest BCUT2D eigenvalue weighted by atomic mass is 10.0. The van der Waals surface area contributed by atoms with Crippen molar-refractivity contribution >= 4 is 32.7 Å². The smallest absolute Gasteiger partial charge is 0.301 e. The molecular formula is C17H13F2N5O3S. The number of carbonyl (C=O) groups is 1. The number of hydrogen-bond donors (Lipinski definition) is 2. The maximum atomic E-state index is 14.8. The van der Waals surface area contributed by atoms with E-state index in [1.165, 1.54) is 32.6 Å². The molecule has 3 rings (SSSR count). The van der Waals surface area contributed by atoms with Crippen molar-refractivity contribution in [2.24, 2.45) is 0 Å². The number of halogens is 2. The minimum atomic E-state index is -4.07. The molecular weight excluding hydrogens is 392 g/mol. The largest absolute Gasteiger partial charge is 0.345 e. The van der Waals surface area contributed by atoms with Crippen molar-refractivity contribution in [1.29, 1.82) is 5.26 Å². The second-order valence-electron chi connectivity index (χ2n) is 5.94. The number of anilines is 1. The molecule has 2 heterocycles. The van der Waals surface area contributed by atoms with Crippen LogP contribution in [0.25, 0.3) is 11.0 Å². The number of pyridine rings is 1. The average Bonchev–Trinajstić information content (AvgIpc) is 3.06. The fourth-order valence-corrected chi connectivity index (χ4v) is 3.07. The fraction of sp³-hybridized carbons (Fsp3) is 0.118. The molecule has 0 aliphatic rings. The highest BCUT2D eigenvalue weighted by atomic mass is 32.2. The van der Waals surface area contributed by atoms with Crippen molar-refractivity contribution in [2.75, 3.05) is 18.8 Å². The lowest BCUT2D eigenvalue weighted by Gasteiger charge is -2.15. The Labute approximate surface area is 158 Å². The number of H-pyrrole nitrogens is 1. The van der Waals surface area contributed by atoms with E-state index in [1.54, 1.807) is 0 Å². The van der Waals surface area contributed by atoms with Crippen molar-refractivity contribution in [3.63, 3.8) is 0 Å². The minimum absolute atomic E-state index is 0.106. The molecule has 2 N–H and O–H groups in total. The Bertz CT molecular complexity index is 1250. The molecule has 3 aromatic rings. The first-order valence-corrected chi connectivity index (χ1v) is 9.20. The van der Waals surface area contributed by atoms with Crippen LogP contribution in [0.2, 0.25) is 0 Å². The Morgan fingerprint density at radius 2 is 2.04 bits per heavy atom. The summed E-state index contributed by atoms with van der Waals surface area (Å²) in [5.41, 5.74) is -1.19. The van der Waals surface area contributed by atoms with E-state index in [4.69, 9.17) is 5.26 Å². The zero-order chi connectivity index (χ0) is 20.6. The topological polar surface area (TPSA) is 119 Å². The van der Waals surface area contributed by atoms with E-state index in [2.05, 4.69) is 9.97 Å². The molecule has 28 heavy (non-hydrogen) atoms. The van der Waals surface area contributed by atoms with Crippen LogP contribution in [0.15, 0.2) is 30.6 Å². The van der Waals surface area contributed by atoms with Crippen molar-refractivity contribution in [2.45, 2.75) is 0 Å². The Morgan fingerprint density at radius 3 is 2.68 bits per heavy atom. The highest BCUT2D eigenvalue weighted by Gasteiger charge is 2.26. The molecule has 0 saturated carbocycles. The molecule has 144 valence electrons. The first kappa shape index (κ1) is 19.4. The van der Waals surface area contributed by atoms with Gasteiger partial charge in [0.05, 0.1) is 16.8 Å². The first-order chi connectivity index (χ1) is 13.2. The SMILES string of the molecule is CN(C)S(=O)(=O)Nc1ccc(F)c(C(=O)c2c[nH]c3ncc(C#N)cc23)c1F. The summed E-state index contributed by atoms with van der Waals surface area (Å²) >= 11 is 0. The van der Waals surface area contributed by atoms with E-state index in [0.717, 1.165) is 16.4 Å². The van der Waals surface area contributed by atoms with Crippen molar-refractivity contribution in [3.8, 4) is 6.07 Å². The van der Waals surface area contributed by atoms with Gasteiger partial charge in [0.25, 0.3) is 0 Å². The van der Waals surface area contributed by atoms with E-state index in [-0.39, 0.29) is 22.2 Å². The number of carbonyl (C=O) groups excluding carboxylic acids is 1. The van der Waals surface area contributed by atoms with Gasteiger partial charge in [-0.3, -0.25) is 9.52 Å². The van der Waals surface area contributed by atoms with Crippen LogP contribution in [-0.4, -0.2) is 42.6 Å². The van der Waals surface area contributed by atoms with Crippen LogP contribution in [0.4, 0.5) is 14.5 Å². The van der Waals surface area contributed by atoms with E-state index in [1.807, 2.05) is 10.8 Å². The summed E-state index contributed by atoms with van der Waals surface area (Å²) in [5, 5.41) is 9.19. The van der Waals surface area contributed by atoms with Crippen LogP contribution < -0.4 is 4.72 Å². The quantitative estimate of drug-likeness (QED) is 0.631. The second kappa shape index (κ2) is 6.99. The monoisotopic (exact) mass is 405 g/mol. The van der Waals surface area contributed by atoms with E-state index in [0.29, 0.717) is 0 Å². The molecule has 0 bridgehead atoms. The Hall–Kier alpha value is -3.36. The molecule has 0 fully saturated rings. The van der Waals surface area contributed by atoms with Gasteiger partial charge in [-0.15, -0.1) is 0 Å². The number of nitrogens with zero attached hydrogens (tertiary/aromatic N) is 3. The van der Waals surface area contributed by atoms with Gasteiger partial charge in [-0.1, -0.05) is 0 Å². The lowest BCUT2D eigenvalue weighted by molar-refractivity contribution is 0.103. The summed E-state index contributed by atoms with van der Waals surface area (Å²) in [6.45, 7) is 0. The van der Waals surface area contributed by atoms with Gasteiger partial charge in [0.2, 0.25) is 5.78 Å². The fourth-order valence-electron chi connectivity index (χ4n) is 2.46. The van der Waals surface area contributed by atoms with Crippen LogP contribution >= 0.6 is 0 Å². The predicted molar refractivity (Wildman–Crippen MR) is 96.8 cm³/mol. The normalized spacial score (nSPS) is 11.6. The standard InChI is InChI=1S/C17H13F2N5O3S/c1-24(2)28(26,27)23-13-4-3-12(18)14(15(13)19)16(25)11-8-22-17-10(11)5-9(6-20)7-21-17/h3-5,7-8,23H,1-2H3,(H,21,22). The summed E-state index contributed by atoms with van der Waals surface area (Å²) in [7, 11) is -1.62. The summed E-state index contributed by atoms with van der Waals surface area (Å²) in [5.74, 6) is -3.53. The van der Waals surface area contributed by atoms with Crippen LogP contribution in [0.1, 0.15) is 21.5 Å². The summed E-state index contributed by atoms with van der Waals surface area (Å²) in [6, 6.07) is 4.90. The molecule has 0 amide bonds. The Morgan fingerprint density at radius 1 is 1.32 bits per heavy atom. The van der Waals surface area contributed by atoms with E-state index >= 15 is 0 Å². The number of rotatable bonds is 5. The Kier molecular flexibility index (Phi) is 4.84. The second-order valence-corrected chi connectivity index (χ2v) is 7.82. The molecule has 0 spiro atoms. The number of fused-ring (bicyclic) bond motifs is 1. The highest BCUT2D eigenvalue weighted by molar-refractivity contribution is 7.90. The molecule has 11 heteroatoms. The van der Waals surface area contributed by atoms with Crippen molar-refractivity contribution < 1.29 is 22.0 Å². The van der Waals surface area contributed by atoms with Gasteiger partial charge in [-0.05, 0) is 18.2 Å². The maximum Gasteiger partial charge on any atom is 0.301 e. The molecule has 2 aromatic heterocycles. The minimum Gasteiger partial charge on any atom is -0.345 e. The number of nitrogens with one attached hydrogen (secondary N) is 2. The molecule has 0 aliphatic carbocycles. The van der Waals surface area contributed by atoms with Gasteiger partial charge in [-0.25, -0.2) is 13.8 Å². The number of nitriles is 1. The summed E-state index contributed by atoms with van der Waals surface area (Å²) in [6.07, 6.45) is 2.50. The Balaban J connectivity index is 2.13. The van der Waals surface area contributed by atoms with E-state index < -0.39 is 38.9 Å². The van der Waals surface area contributed by atoms with Crippen molar-refractivity contribution in [3.05, 3.63) is 58.9 Å². The third-order valence-corrected chi connectivity index (χ3v) is 5.38. The van der Waals surface area contributed by atoms with Gasteiger partial charge in [0.15, 0.2) is 5.82 Å². The maximum absolute atomic E-state index is 14.8.